The van der Waals surface area contributed by atoms with Crippen LogP contribution in [0.1, 0.15) is 21.5 Å². The van der Waals surface area contributed by atoms with E-state index in [4.69, 9.17) is 0 Å². The third-order valence-corrected chi connectivity index (χ3v) is 7.00. The maximum Gasteiger partial charge on any atom is 0.337 e. The van der Waals surface area contributed by atoms with Gasteiger partial charge in [0.2, 0.25) is 15.9 Å². The molecule has 1 aliphatic heterocycles. The van der Waals surface area contributed by atoms with Crippen LogP contribution in [-0.2, 0) is 31.9 Å². The molecular weight excluding hydrogens is 418 g/mol. The zero-order valence-electron chi connectivity index (χ0n) is 17.5. The van der Waals surface area contributed by atoms with Gasteiger partial charge in [0.15, 0.2) is 0 Å². The average molecular weight is 446 g/mol. The molecule has 0 aliphatic carbocycles. The molecule has 31 heavy (non-hydrogen) atoms. The second kappa shape index (κ2) is 10.5. The summed E-state index contributed by atoms with van der Waals surface area (Å²) in [4.78, 5) is 25.7. The number of carbonyl (C=O) groups excluding carboxylic acids is 2. The van der Waals surface area contributed by atoms with Crippen molar-refractivity contribution in [2.75, 3.05) is 39.8 Å². The molecule has 1 saturated heterocycles. The van der Waals surface area contributed by atoms with Crippen molar-refractivity contribution in [3.05, 3.63) is 71.3 Å². The second-order valence-corrected chi connectivity index (χ2v) is 9.35. The molecule has 3 rings (SSSR count). The third-order valence-electron chi connectivity index (χ3n) is 5.15. The zero-order valence-corrected chi connectivity index (χ0v) is 18.3. The van der Waals surface area contributed by atoms with Crippen LogP contribution in [0.4, 0.5) is 0 Å². The van der Waals surface area contributed by atoms with E-state index in [1.807, 2.05) is 23.1 Å². The van der Waals surface area contributed by atoms with E-state index < -0.39 is 16.0 Å². The molecule has 1 fully saturated rings. The number of sulfonamides is 1. The van der Waals surface area contributed by atoms with Crippen LogP contribution < -0.4 is 5.32 Å². The Bertz CT molecular complexity index is 986. The number of ether oxygens (including phenoxy) is 1. The Balaban J connectivity index is 1.42. The van der Waals surface area contributed by atoms with Crippen molar-refractivity contribution in [3.8, 4) is 0 Å². The molecule has 0 bridgehead atoms. The molecular formula is C22H27N3O5S. The molecule has 1 aliphatic rings. The SMILES string of the molecule is COC(=O)c1ccc(CNC(=O)CN2CCN(S(=O)(=O)Cc3ccccc3)CC2)cc1. The topological polar surface area (TPSA) is 96.0 Å². The average Bonchev–Trinajstić information content (AvgIpc) is 2.78. The number of piperazine rings is 1. The largest absolute Gasteiger partial charge is 0.465 e. The number of nitrogens with zero attached hydrogens (tertiary/aromatic N) is 2. The zero-order chi connectivity index (χ0) is 22.3. The number of carbonyl (C=O) groups is 2. The molecule has 1 N–H and O–H groups in total. The van der Waals surface area contributed by atoms with Crippen LogP contribution in [0, 0.1) is 0 Å². The summed E-state index contributed by atoms with van der Waals surface area (Å²) in [5.41, 5.74) is 2.10. The molecule has 1 heterocycles. The number of nitrogens with one attached hydrogen (secondary N) is 1. The van der Waals surface area contributed by atoms with Crippen molar-refractivity contribution < 1.29 is 22.7 Å². The van der Waals surface area contributed by atoms with Crippen molar-refractivity contribution in [1.29, 1.82) is 0 Å². The van der Waals surface area contributed by atoms with Crippen LogP contribution in [0.15, 0.2) is 54.6 Å². The number of benzene rings is 2. The molecule has 2 aromatic rings. The Morgan fingerprint density at radius 2 is 1.58 bits per heavy atom. The molecule has 0 saturated carbocycles. The van der Waals surface area contributed by atoms with Crippen molar-refractivity contribution in [3.63, 3.8) is 0 Å². The summed E-state index contributed by atoms with van der Waals surface area (Å²) in [5, 5.41) is 2.85. The van der Waals surface area contributed by atoms with Crippen LogP contribution in [0.2, 0.25) is 0 Å². The first kappa shape index (κ1) is 22.9. The van der Waals surface area contributed by atoms with Gasteiger partial charge in [-0.2, -0.15) is 4.31 Å². The van der Waals surface area contributed by atoms with Crippen molar-refractivity contribution in [2.45, 2.75) is 12.3 Å². The summed E-state index contributed by atoms with van der Waals surface area (Å²) in [5.74, 6) is -0.540. The minimum Gasteiger partial charge on any atom is -0.465 e. The summed E-state index contributed by atoms with van der Waals surface area (Å²) in [7, 11) is -2.04. The van der Waals surface area contributed by atoms with Crippen molar-refractivity contribution in [1.82, 2.24) is 14.5 Å². The fourth-order valence-corrected chi connectivity index (χ4v) is 4.89. The van der Waals surface area contributed by atoms with Gasteiger partial charge in [-0.25, -0.2) is 13.2 Å². The first-order chi connectivity index (χ1) is 14.9. The van der Waals surface area contributed by atoms with Gasteiger partial charge in [-0.3, -0.25) is 9.69 Å². The Hall–Kier alpha value is -2.75. The number of rotatable bonds is 8. The lowest BCUT2D eigenvalue weighted by molar-refractivity contribution is -0.122. The summed E-state index contributed by atoms with van der Waals surface area (Å²) < 4.78 is 31.4. The summed E-state index contributed by atoms with van der Waals surface area (Å²) in [6.45, 7) is 2.33. The number of amides is 1. The van der Waals surface area contributed by atoms with Crippen LogP contribution in [0.3, 0.4) is 0 Å². The molecule has 0 atom stereocenters. The molecule has 9 heteroatoms. The molecule has 0 spiro atoms. The van der Waals surface area contributed by atoms with E-state index in [0.29, 0.717) is 38.3 Å². The molecule has 2 aromatic carbocycles. The molecule has 166 valence electrons. The first-order valence-corrected chi connectivity index (χ1v) is 11.7. The van der Waals surface area contributed by atoms with Gasteiger partial charge in [-0.05, 0) is 23.3 Å². The molecule has 0 radical (unpaired) electrons. The Morgan fingerprint density at radius 1 is 0.935 bits per heavy atom. The predicted octanol–water partition coefficient (Wildman–Crippen LogP) is 1.24. The highest BCUT2D eigenvalue weighted by molar-refractivity contribution is 7.88. The number of hydrogen-bond donors (Lipinski definition) is 1. The van der Waals surface area contributed by atoms with E-state index >= 15 is 0 Å². The minimum absolute atomic E-state index is 0.0108. The van der Waals surface area contributed by atoms with Crippen LogP contribution >= 0.6 is 0 Å². The molecule has 0 unspecified atom stereocenters. The van der Waals surface area contributed by atoms with E-state index in [2.05, 4.69) is 10.1 Å². The minimum atomic E-state index is -3.37. The lowest BCUT2D eigenvalue weighted by atomic mass is 10.1. The Kier molecular flexibility index (Phi) is 7.78. The second-order valence-electron chi connectivity index (χ2n) is 7.38. The van der Waals surface area contributed by atoms with Gasteiger partial charge in [0, 0.05) is 32.7 Å². The van der Waals surface area contributed by atoms with Gasteiger partial charge in [0.05, 0.1) is 25.0 Å². The van der Waals surface area contributed by atoms with Gasteiger partial charge in [-0.15, -0.1) is 0 Å². The highest BCUT2D eigenvalue weighted by atomic mass is 32.2. The molecule has 8 nitrogen and oxygen atoms in total. The van der Waals surface area contributed by atoms with E-state index in [-0.39, 0.29) is 18.2 Å². The van der Waals surface area contributed by atoms with Crippen LogP contribution in [-0.4, -0.2) is 69.3 Å². The summed E-state index contributed by atoms with van der Waals surface area (Å²) in [6, 6.07) is 16.0. The normalized spacial score (nSPS) is 15.4. The summed E-state index contributed by atoms with van der Waals surface area (Å²) in [6.07, 6.45) is 0. The smallest absolute Gasteiger partial charge is 0.337 e. The Labute approximate surface area is 182 Å². The quantitative estimate of drug-likeness (QED) is 0.614. The lowest BCUT2D eigenvalue weighted by Gasteiger charge is -2.33. The highest BCUT2D eigenvalue weighted by Crippen LogP contribution is 2.13. The van der Waals surface area contributed by atoms with E-state index in [0.717, 1.165) is 11.1 Å². The predicted molar refractivity (Wildman–Crippen MR) is 117 cm³/mol. The fourth-order valence-electron chi connectivity index (χ4n) is 3.38. The maximum absolute atomic E-state index is 12.6. The molecule has 1 amide bonds. The van der Waals surface area contributed by atoms with Gasteiger partial charge >= 0.3 is 5.97 Å². The highest BCUT2D eigenvalue weighted by Gasteiger charge is 2.27. The van der Waals surface area contributed by atoms with Crippen molar-refractivity contribution >= 4 is 21.9 Å². The standard InChI is InChI=1S/C22H27N3O5S/c1-30-22(27)20-9-7-18(8-10-20)15-23-21(26)16-24-11-13-25(14-12-24)31(28,29)17-19-5-3-2-4-6-19/h2-10H,11-17H2,1H3,(H,23,26). The van der Waals surface area contributed by atoms with E-state index in [9.17, 15) is 18.0 Å². The van der Waals surface area contributed by atoms with E-state index in [1.54, 1.807) is 36.4 Å². The van der Waals surface area contributed by atoms with E-state index in [1.165, 1.54) is 11.4 Å². The fraction of sp³-hybridized carbons (Fsp3) is 0.364. The molecule has 0 aromatic heterocycles. The van der Waals surface area contributed by atoms with Gasteiger partial charge in [0.1, 0.15) is 0 Å². The van der Waals surface area contributed by atoms with Crippen LogP contribution in [0.5, 0.6) is 0 Å². The van der Waals surface area contributed by atoms with Gasteiger partial charge in [0.25, 0.3) is 0 Å². The summed E-state index contributed by atoms with van der Waals surface area (Å²) >= 11 is 0. The van der Waals surface area contributed by atoms with Gasteiger partial charge in [-0.1, -0.05) is 42.5 Å². The third kappa shape index (κ3) is 6.61. The number of hydrogen-bond acceptors (Lipinski definition) is 6. The Morgan fingerprint density at radius 3 is 2.19 bits per heavy atom. The van der Waals surface area contributed by atoms with Crippen LogP contribution in [0.25, 0.3) is 0 Å². The lowest BCUT2D eigenvalue weighted by Crippen LogP contribution is -2.51. The van der Waals surface area contributed by atoms with Gasteiger partial charge < -0.3 is 10.1 Å². The number of esters is 1. The number of methoxy groups -OCH3 is 1. The first-order valence-electron chi connectivity index (χ1n) is 10.1. The van der Waals surface area contributed by atoms with Crippen molar-refractivity contribution in [2.24, 2.45) is 0 Å². The maximum atomic E-state index is 12.6. The monoisotopic (exact) mass is 445 g/mol.